The van der Waals surface area contributed by atoms with E-state index in [-0.39, 0.29) is 11.5 Å². The Bertz CT molecular complexity index is 580. The number of benzene rings is 1. The summed E-state index contributed by atoms with van der Waals surface area (Å²) in [4.78, 5) is 12.2. The van der Waals surface area contributed by atoms with Crippen LogP contribution in [0.25, 0.3) is 0 Å². The van der Waals surface area contributed by atoms with Gasteiger partial charge in [0.2, 0.25) is 0 Å². The van der Waals surface area contributed by atoms with Gasteiger partial charge < -0.3 is 10.6 Å². The van der Waals surface area contributed by atoms with E-state index in [0.717, 1.165) is 36.1 Å². The Morgan fingerprint density at radius 1 is 1.50 bits per heavy atom. The molecule has 0 unspecified atom stereocenters. The summed E-state index contributed by atoms with van der Waals surface area (Å²) in [5.41, 5.74) is 3.01. The van der Waals surface area contributed by atoms with Crippen molar-refractivity contribution in [1.29, 1.82) is 5.26 Å². The lowest BCUT2D eigenvalue weighted by Crippen LogP contribution is -2.18. The molecule has 2 rings (SSSR count). The van der Waals surface area contributed by atoms with Crippen molar-refractivity contribution in [3.8, 4) is 6.07 Å². The molecule has 1 aromatic rings. The van der Waals surface area contributed by atoms with Crippen molar-refractivity contribution in [2.24, 2.45) is 0 Å². The number of hydrogen-bond donors (Lipinski definition) is 2. The first-order valence-electron chi connectivity index (χ1n) is 6.91. The molecule has 1 fully saturated rings. The van der Waals surface area contributed by atoms with E-state index in [0.29, 0.717) is 6.04 Å². The van der Waals surface area contributed by atoms with Gasteiger partial charge in [-0.15, -0.1) is 0 Å². The average molecular weight is 269 g/mol. The molecular formula is C16H19N3O. The lowest BCUT2D eigenvalue weighted by molar-refractivity contribution is -0.112. The summed E-state index contributed by atoms with van der Waals surface area (Å²) in [7, 11) is 0. The Morgan fingerprint density at radius 3 is 2.85 bits per heavy atom. The summed E-state index contributed by atoms with van der Waals surface area (Å²) in [6.07, 6.45) is 4.57. The Morgan fingerprint density at radius 2 is 2.25 bits per heavy atom. The SMILES string of the molecule is CCc1cccc(C)c1NC(=O)/C(C#N)=C\NC1CC1. The zero-order chi connectivity index (χ0) is 14.5. The topological polar surface area (TPSA) is 64.9 Å². The second-order valence-corrected chi connectivity index (χ2v) is 5.03. The van der Waals surface area contributed by atoms with Gasteiger partial charge in [0.05, 0.1) is 0 Å². The molecule has 4 heteroatoms. The molecule has 2 N–H and O–H groups in total. The van der Waals surface area contributed by atoms with E-state index in [2.05, 4.69) is 10.6 Å². The van der Waals surface area contributed by atoms with Gasteiger partial charge >= 0.3 is 0 Å². The van der Waals surface area contributed by atoms with E-state index in [1.807, 2.05) is 38.1 Å². The Labute approximate surface area is 119 Å². The molecule has 1 aliphatic rings. The van der Waals surface area contributed by atoms with Crippen LogP contribution in [0.15, 0.2) is 30.0 Å². The van der Waals surface area contributed by atoms with Crippen molar-refractivity contribution in [1.82, 2.24) is 5.32 Å². The number of nitriles is 1. The maximum Gasteiger partial charge on any atom is 0.267 e. The van der Waals surface area contributed by atoms with Crippen LogP contribution in [-0.4, -0.2) is 11.9 Å². The number of amides is 1. The number of nitrogens with zero attached hydrogens (tertiary/aromatic N) is 1. The van der Waals surface area contributed by atoms with Crippen molar-refractivity contribution >= 4 is 11.6 Å². The first kappa shape index (κ1) is 14.1. The van der Waals surface area contributed by atoms with Crippen LogP contribution in [0.3, 0.4) is 0 Å². The summed E-state index contributed by atoms with van der Waals surface area (Å²) >= 11 is 0. The molecular weight excluding hydrogens is 250 g/mol. The van der Waals surface area contributed by atoms with Gasteiger partial charge in [-0.05, 0) is 37.3 Å². The van der Waals surface area contributed by atoms with Crippen LogP contribution in [-0.2, 0) is 11.2 Å². The van der Waals surface area contributed by atoms with Gasteiger partial charge in [-0.1, -0.05) is 25.1 Å². The number of carbonyl (C=O) groups is 1. The number of anilines is 1. The van der Waals surface area contributed by atoms with Crippen LogP contribution in [0, 0.1) is 18.3 Å². The third-order valence-electron chi connectivity index (χ3n) is 3.38. The van der Waals surface area contributed by atoms with Crippen LogP contribution in [0.2, 0.25) is 0 Å². The minimum Gasteiger partial charge on any atom is -0.387 e. The third kappa shape index (κ3) is 3.39. The highest BCUT2D eigenvalue weighted by Crippen LogP contribution is 2.22. The number of hydrogen-bond acceptors (Lipinski definition) is 3. The summed E-state index contributed by atoms with van der Waals surface area (Å²) in [5.74, 6) is -0.357. The predicted octanol–water partition coefficient (Wildman–Crippen LogP) is 2.66. The second kappa shape index (κ2) is 6.25. The molecule has 0 spiro atoms. The molecule has 0 aliphatic heterocycles. The Hall–Kier alpha value is -2.28. The monoisotopic (exact) mass is 269 g/mol. The molecule has 0 radical (unpaired) electrons. The molecule has 1 amide bonds. The average Bonchev–Trinajstić information content (AvgIpc) is 3.26. The standard InChI is InChI=1S/C16H19N3O/c1-3-12-6-4-5-11(2)15(12)19-16(20)13(9-17)10-18-14-7-8-14/h4-6,10,14,18H,3,7-8H2,1-2H3,(H,19,20)/b13-10-. The maximum atomic E-state index is 12.2. The van der Waals surface area contributed by atoms with Gasteiger partial charge in [0.1, 0.15) is 11.6 Å². The largest absolute Gasteiger partial charge is 0.387 e. The molecule has 1 saturated carbocycles. The van der Waals surface area contributed by atoms with Gasteiger partial charge in [0.25, 0.3) is 5.91 Å². The molecule has 20 heavy (non-hydrogen) atoms. The zero-order valence-electron chi connectivity index (χ0n) is 11.9. The highest BCUT2D eigenvalue weighted by molar-refractivity contribution is 6.07. The van der Waals surface area contributed by atoms with E-state index in [9.17, 15) is 4.79 Å². The summed E-state index contributed by atoms with van der Waals surface area (Å²) in [6, 6.07) is 8.29. The van der Waals surface area contributed by atoms with E-state index in [1.54, 1.807) is 0 Å². The van der Waals surface area contributed by atoms with Crippen molar-refractivity contribution < 1.29 is 4.79 Å². The fraction of sp³-hybridized carbons (Fsp3) is 0.375. The smallest absolute Gasteiger partial charge is 0.267 e. The minimum atomic E-state index is -0.357. The lowest BCUT2D eigenvalue weighted by atomic mass is 10.1. The Balaban J connectivity index is 2.14. The van der Waals surface area contributed by atoms with E-state index in [1.165, 1.54) is 6.20 Å². The summed E-state index contributed by atoms with van der Waals surface area (Å²) < 4.78 is 0. The number of aryl methyl sites for hydroxylation is 2. The first-order valence-corrected chi connectivity index (χ1v) is 6.91. The van der Waals surface area contributed by atoms with Crippen LogP contribution < -0.4 is 10.6 Å². The molecule has 1 aliphatic carbocycles. The van der Waals surface area contributed by atoms with Crippen molar-refractivity contribution in [2.45, 2.75) is 39.2 Å². The molecule has 104 valence electrons. The fourth-order valence-electron chi connectivity index (χ4n) is 1.98. The highest BCUT2D eigenvalue weighted by Gasteiger charge is 2.20. The maximum absolute atomic E-state index is 12.2. The molecule has 0 saturated heterocycles. The number of carbonyl (C=O) groups excluding carboxylic acids is 1. The zero-order valence-corrected chi connectivity index (χ0v) is 11.9. The van der Waals surface area contributed by atoms with E-state index >= 15 is 0 Å². The van der Waals surface area contributed by atoms with Crippen molar-refractivity contribution in [2.75, 3.05) is 5.32 Å². The highest BCUT2D eigenvalue weighted by atomic mass is 16.1. The molecule has 0 heterocycles. The third-order valence-corrected chi connectivity index (χ3v) is 3.38. The second-order valence-electron chi connectivity index (χ2n) is 5.03. The Kier molecular flexibility index (Phi) is 4.41. The minimum absolute atomic E-state index is 0.113. The fourth-order valence-corrected chi connectivity index (χ4v) is 1.98. The van der Waals surface area contributed by atoms with Crippen LogP contribution >= 0.6 is 0 Å². The molecule has 0 atom stereocenters. The number of nitrogens with one attached hydrogen (secondary N) is 2. The number of para-hydroxylation sites is 1. The van der Waals surface area contributed by atoms with Crippen LogP contribution in [0.5, 0.6) is 0 Å². The van der Waals surface area contributed by atoms with Gasteiger partial charge in [0.15, 0.2) is 0 Å². The van der Waals surface area contributed by atoms with Gasteiger partial charge in [0, 0.05) is 17.9 Å². The predicted molar refractivity (Wildman–Crippen MR) is 79.0 cm³/mol. The lowest BCUT2D eigenvalue weighted by Gasteiger charge is -2.12. The van der Waals surface area contributed by atoms with Crippen LogP contribution in [0.1, 0.15) is 30.9 Å². The number of rotatable bonds is 5. The quantitative estimate of drug-likeness (QED) is 0.638. The van der Waals surface area contributed by atoms with Gasteiger partial charge in [-0.25, -0.2) is 0 Å². The van der Waals surface area contributed by atoms with Gasteiger partial charge in [-0.3, -0.25) is 4.79 Å². The molecule has 1 aromatic carbocycles. The normalized spacial score (nSPS) is 14.6. The van der Waals surface area contributed by atoms with E-state index < -0.39 is 0 Å². The molecule has 4 nitrogen and oxygen atoms in total. The molecule has 0 bridgehead atoms. The summed E-state index contributed by atoms with van der Waals surface area (Å²) in [6.45, 7) is 3.99. The molecule has 0 aromatic heterocycles. The first-order chi connectivity index (χ1) is 9.65. The van der Waals surface area contributed by atoms with Crippen molar-refractivity contribution in [3.05, 3.63) is 41.1 Å². The van der Waals surface area contributed by atoms with Crippen LogP contribution in [0.4, 0.5) is 5.69 Å². The van der Waals surface area contributed by atoms with Gasteiger partial charge in [-0.2, -0.15) is 5.26 Å². The van der Waals surface area contributed by atoms with E-state index in [4.69, 9.17) is 5.26 Å². The van der Waals surface area contributed by atoms with Crippen molar-refractivity contribution in [3.63, 3.8) is 0 Å². The summed E-state index contributed by atoms with van der Waals surface area (Å²) in [5, 5.41) is 15.0.